The van der Waals surface area contributed by atoms with Crippen LogP contribution >= 0.6 is 0 Å². The number of aromatic nitrogens is 1. The zero-order valence-corrected chi connectivity index (χ0v) is 17.7. The first-order chi connectivity index (χ1) is 14.7. The summed E-state index contributed by atoms with van der Waals surface area (Å²) < 4.78 is 12.8. The standard InChI is InChI=1S/C23H32N4O3/c1-2-24-23(25-12-5-14-30-21-11-15-29-18-21)26-16-19-7-9-20(10-8-19)17-27-13-4-3-6-22(27)28/h3-4,6-10,13,21H,2,5,11-12,14-18H2,1H3,(H2,24,25,26). The van der Waals surface area contributed by atoms with Crippen molar-refractivity contribution in [2.75, 3.05) is 32.9 Å². The van der Waals surface area contributed by atoms with Crippen LogP contribution in [0.3, 0.4) is 0 Å². The lowest BCUT2D eigenvalue weighted by molar-refractivity contribution is 0.0420. The minimum atomic E-state index is 0.00880. The third-order valence-electron chi connectivity index (χ3n) is 4.89. The van der Waals surface area contributed by atoms with Gasteiger partial charge in [-0.3, -0.25) is 4.79 Å². The highest BCUT2D eigenvalue weighted by Gasteiger charge is 2.15. The summed E-state index contributed by atoms with van der Waals surface area (Å²) in [4.78, 5) is 16.5. The lowest BCUT2D eigenvalue weighted by Crippen LogP contribution is -2.38. The number of aliphatic imine (C=N–C) groups is 1. The van der Waals surface area contributed by atoms with Crippen LogP contribution in [0.1, 0.15) is 30.9 Å². The van der Waals surface area contributed by atoms with E-state index < -0.39 is 0 Å². The quantitative estimate of drug-likeness (QED) is 0.355. The Labute approximate surface area is 178 Å². The van der Waals surface area contributed by atoms with Crippen LogP contribution in [0.25, 0.3) is 0 Å². The van der Waals surface area contributed by atoms with E-state index in [4.69, 9.17) is 9.47 Å². The van der Waals surface area contributed by atoms with Gasteiger partial charge in [0.25, 0.3) is 5.56 Å². The van der Waals surface area contributed by atoms with Crippen molar-refractivity contribution in [1.29, 1.82) is 0 Å². The van der Waals surface area contributed by atoms with Gasteiger partial charge in [0.15, 0.2) is 5.96 Å². The molecule has 3 rings (SSSR count). The number of rotatable bonds is 10. The predicted octanol–water partition coefficient (Wildman–Crippen LogP) is 2.15. The maximum atomic E-state index is 11.8. The molecule has 1 aliphatic rings. The van der Waals surface area contributed by atoms with Crippen LogP contribution in [0.4, 0.5) is 0 Å². The molecule has 30 heavy (non-hydrogen) atoms. The Bertz CT molecular complexity index is 842. The molecule has 0 saturated carbocycles. The van der Waals surface area contributed by atoms with Crippen molar-refractivity contribution < 1.29 is 9.47 Å². The Balaban J connectivity index is 1.44. The van der Waals surface area contributed by atoms with Gasteiger partial charge in [-0.05, 0) is 37.0 Å². The molecule has 1 aromatic carbocycles. The average Bonchev–Trinajstić information content (AvgIpc) is 3.28. The first kappa shape index (κ1) is 22.1. The molecule has 2 aromatic rings. The Morgan fingerprint density at radius 3 is 2.77 bits per heavy atom. The van der Waals surface area contributed by atoms with Crippen LogP contribution < -0.4 is 16.2 Å². The molecule has 0 amide bonds. The van der Waals surface area contributed by atoms with Crippen molar-refractivity contribution in [3.8, 4) is 0 Å². The van der Waals surface area contributed by atoms with Gasteiger partial charge in [0.1, 0.15) is 0 Å². The van der Waals surface area contributed by atoms with E-state index in [9.17, 15) is 4.79 Å². The van der Waals surface area contributed by atoms with E-state index >= 15 is 0 Å². The minimum Gasteiger partial charge on any atom is -0.379 e. The van der Waals surface area contributed by atoms with E-state index in [1.165, 1.54) is 0 Å². The molecule has 7 nitrogen and oxygen atoms in total. The van der Waals surface area contributed by atoms with E-state index in [2.05, 4.69) is 46.8 Å². The summed E-state index contributed by atoms with van der Waals surface area (Å²) in [7, 11) is 0. The highest BCUT2D eigenvalue weighted by molar-refractivity contribution is 5.79. The second-order valence-corrected chi connectivity index (χ2v) is 7.32. The first-order valence-electron chi connectivity index (χ1n) is 10.7. The highest BCUT2D eigenvalue weighted by atomic mass is 16.5. The van der Waals surface area contributed by atoms with Gasteiger partial charge in [-0.2, -0.15) is 0 Å². The molecule has 2 heterocycles. The van der Waals surface area contributed by atoms with Gasteiger partial charge in [0.05, 0.1) is 25.8 Å². The van der Waals surface area contributed by atoms with Crippen molar-refractivity contribution in [1.82, 2.24) is 15.2 Å². The monoisotopic (exact) mass is 412 g/mol. The number of pyridine rings is 1. The van der Waals surface area contributed by atoms with Crippen molar-refractivity contribution in [2.45, 2.75) is 39.0 Å². The maximum Gasteiger partial charge on any atom is 0.250 e. The lowest BCUT2D eigenvalue weighted by atomic mass is 10.1. The summed E-state index contributed by atoms with van der Waals surface area (Å²) in [5, 5.41) is 6.63. The maximum absolute atomic E-state index is 11.8. The van der Waals surface area contributed by atoms with E-state index in [1.807, 2.05) is 12.3 Å². The fourth-order valence-corrected chi connectivity index (χ4v) is 3.22. The third-order valence-corrected chi connectivity index (χ3v) is 4.89. The van der Waals surface area contributed by atoms with E-state index in [1.54, 1.807) is 16.7 Å². The Hall–Kier alpha value is -2.64. The fraction of sp³-hybridized carbons (Fsp3) is 0.478. The van der Waals surface area contributed by atoms with E-state index in [0.717, 1.165) is 62.8 Å². The Kier molecular flexibility index (Phi) is 8.93. The molecule has 2 N–H and O–H groups in total. The van der Waals surface area contributed by atoms with Gasteiger partial charge in [-0.1, -0.05) is 30.3 Å². The van der Waals surface area contributed by atoms with E-state index in [-0.39, 0.29) is 11.7 Å². The van der Waals surface area contributed by atoms with Crippen LogP contribution in [0.2, 0.25) is 0 Å². The molecule has 1 aliphatic heterocycles. The molecule has 1 fully saturated rings. The Morgan fingerprint density at radius 1 is 1.20 bits per heavy atom. The lowest BCUT2D eigenvalue weighted by Gasteiger charge is -2.13. The zero-order chi connectivity index (χ0) is 21.0. The second-order valence-electron chi connectivity index (χ2n) is 7.32. The predicted molar refractivity (Wildman–Crippen MR) is 119 cm³/mol. The number of ether oxygens (including phenoxy) is 2. The number of benzene rings is 1. The Morgan fingerprint density at radius 2 is 2.03 bits per heavy atom. The van der Waals surface area contributed by atoms with Crippen molar-refractivity contribution in [3.05, 3.63) is 70.1 Å². The largest absolute Gasteiger partial charge is 0.379 e. The normalized spacial score (nSPS) is 16.6. The van der Waals surface area contributed by atoms with Crippen LogP contribution in [-0.2, 0) is 22.6 Å². The first-order valence-corrected chi connectivity index (χ1v) is 10.7. The van der Waals surface area contributed by atoms with Gasteiger partial charge in [0, 0.05) is 38.6 Å². The summed E-state index contributed by atoms with van der Waals surface area (Å²) in [5.74, 6) is 0.807. The number of hydrogen-bond donors (Lipinski definition) is 2. The summed E-state index contributed by atoms with van der Waals surface area (Å²) >= 11 is 0. The van der Waals surface area contributed by atoms with Gasteiger partial charge in [0.2, 0.25) is 0 Å². The summed E-state index contributed by atoms with van der Waals surface area (Å²) in [6.07, 6.45) is 3.99. The minimum absolute atomic E-state index is 0.00880. The SMILES string of the molecule is CCNC(=NCc1ccc(Cn2ccccc2=O)cc1)NCCCOC1CCOC1. The number of nitrogens with zero attached hydrogens (tertiary/aromatic N) is 2. The molecule has 0 aliphatic carbocycles. The van der Waals surface area contributed by atoms with Gasteiger partial charge < -0.3 is 24.7 Å². The smallest absolute Gasteiger partial charge is 0.250 e. The fourth-order valence-electron chi connectivity index (χ4n) is 3.22. The van der Waals surface area contributed by atoms with Crippen LogP contribution in [0.5, 0.6) is 0 Å². The molecule has 1 unspecified atom stereocenters. The van der Waals surface area contributed by atoms with Crippen molar-refractivity contribution in [3.63, 3.8) is 0 Å². The molecular formula is C23H32N4O3. The number of hydrogen-bond acceptors (Lipinski definition) is 4. The summed E-state index contributed by atoms with van der Waals surface area (Å²) in [6, 6.07) is 13.4. The second kappa shape index (κ2) is 12.1. The van der Waals surface area contributed by atoms with Crippen LogP contribution in [-0.4, -0.2) is 49.5 Å². The summed E-state index contributed by atoms with van der Waals surface area (Å²) in [6.45, 7) is 7.10. The molecule has 1 saturated heterocycles. The molecule has 162 valence electrons. The molecule has 7 heteroatoms. The van der Waals surface area contributed by atoms with Gasteiger partial charge in [-0.15, -0.1) is 0 Å². The van der Waals surface area contributed by atoms with Crippen molar-refractivity contribution in [2.24, 2.45) is 4.99 Å². The third kappa shape index (κ3) is 7.31. The number of guanidine groups is 1. The molecule has 1 atom stereocenters. The van der Waals surface area contributed by atoms with Crippen LogP contribution in [0.15, 0.2) is 58.4 Å². The molecule has 1 aromatic heterocycles. The number of nitrogens with one attached hydrogen (secondary N) is 2. The molecular weight excluding hydrogens is 380 g/mol. The zero-order valence-electron chi connectivity index (χ0n) is 17.7. The van der Waals surface area contributed by atoms with Crippen LogP contribution in [0, 0.1) is 0 Å². The van der Waals surface area contributed by atoms with Gasteiger partial charge in [-0.25, -0.2) is 4.99 Å². The van der Waals surface area contributed by atoms with Crippen molar-refractivity contribution >= 4 is 5.96 Å². The topological polar surface area (TPSA) is 76.9 Å². The molecule has 0 radical (unpaired) electrons. The summed E-state index contributed by atoms with van der Waals surface area (Å²) in [5.41, 5.74) is 2.23. The van der Waals surface area contributed by atoms with Gasteiger partial charge >= 0.3 is 0 Å². The highest BCUT2D eigenvalue weighted by Crippen LogP contribution is 2.08. The molecule has 0 spiro atoms. The van der Waals surface area contributed by atoms with E-state index in [0.29, 0.717) is 13.1 Å². The molecule has 0 bridgehead atoms. The average molecular weight is 413 g/mol.